The largest absolute Gasteiger partial charge is 0.313 e. The lowest BCUT2D eigenvalue weighted by Gasteiger charge is -2.26. The molecule has 2 aliphatic rings. The molecule has 1 unspecified atom stereocenters. The average Bonchev–Trinajstić information content (AvgIpc) is 3.09. The first kappa shape index (κ1) is 11.3. The molecule has 0 saturated heterocycles. The van der Waals surface area contributed by atoms with E-state index < -0.39 is 0 Å². The maximum Gasteiger partial charge on any atom is 0.0320 e. The van der Waals surface area contributed by atoms with Gasteiger partial charge in [-0.2, -0.15) is 0 Å². The number of hydrogen-bond acceptors (Lipinski definition) is 1. The normalized spacial score (nSPS) is 22.2. The maximum atomic E-state index is 3.47. The van der Waals surface area contributed by atoms with E-state index in [1.807, 2.05) is 0 Å². The highest BCUT2D eigenvalue weighted by molar-refractivity contribution is 5.28. The molecule has 92 valence electrons. The minimum absolute atomic E-state index is 0.568. The van der Waals surface area contributed by atoms with Crippen molar-refractivity contribution < 1.29 is 0 Å². The van der Waals surface area contributed by atoms with Gasteiger partial charge in [0.25, 0.3) is 0 Å². The van der Waals surface area contributed by atoms with Crippen molar-refractivity contribution in [1.29, 1.82) is 0 Å². The molecule has 17 heavy (non-hydrogen) atoms. The van der Waals surface area contributed by atoms with Gasteiger partial charge in [0.05, 0.1) is 0 Å². The van der Waals surface area contributed by atoms with Crippen LogP contribution < -0.4 is 5.32 Å². The predicted molar refractivity (Wildman–Crippen MR) is 72.2 cm³/mol. The van der Waals surface area contributed by atoms with E-state index in [4.69, 9.17) is 0 Å². The summed E-state index contributed by atoms with van der Waals surface area (Å²) in [6.45, 7) is 0. The van der Waals surface area contributed by atoms with Crippen LogP contribution in [-0.4, -0.2) is 7.05 Å². The van der Waals surface area contributed by atoms with Crippen molar-refractivity contribution in [2.75, 3.05) is 7.05 Å². The minimum atomic E-state index is 0.568. The first-order chi connectivity index (χ1) is 8.36. The number of nitrogens with one attached hydrogen (secondary N) is 1. The van der Waals surface area contributed by atoms with Crippen molar-refractivity contribution in [3.8, 4) is 0 Å². The molecule has 3 rings (SSSR count). The van der Waals surface area contributed by atoms with Crippen LogP contribution in [0.3, 0.4) is 0 Å². The molecule has 0 amide bonds. The molecule has 1 aromatic carbocycles. The maximum absolute atomic E-state index is 3.47. The van der Waals surface area contributed by atoms with Gasteiger partial charge in [-0.3, -0.25) is 0 Å². The van der Waals surface area contributed by atoms with E-state index in [-0.39, 0.29) is 0 Å². The molecule has 1 N–H and O–H groups in total. The van der Waals surface area contributed by atoms with Crippen LogP contribution >= 0.6 is 0 Å². The van der Waals surface area contributed by atoms with E-state index in [2.05, 4.69) is 36.6 Å². The van der Waals surface area contributed by atoms with Gasteiger partial charge in [0.15, 0.2) is 0 Å². The monoisotopic (exact) mass is 229 g/mol. The Morgan fingerprint density at radius 2 is 1.82 bits per heavy atom. The predicted octanol–water partition coefficient (Wildman–Crippen LogP) is 4.01. The summed E-state index contributed by atoms with van der Waals surface area (Å²) >= 11 is 0. The summed E-state index contributed by atoms with van der Waals surface area (Å²) in [7, 11) is 2.09. The van der Waals surface area contributed by atoms with E-state index in [0.29, 0.717) is 6.04 Å². The molecular weight excluding hydrogens is 206 g/mol. The second-order valence-corrected chi connectivity index (χ2v) is 5.81. The highest BCUT2D eigenvalue weighted by Gasteiger charge is 2.25. The topological polar surface area (TPSA) is 12.0 Å². The van der Waals surface area contributed by atoms with Gasteiger partial charge in [-0.15, -0.1) is 0 Å². The summed E-state index contributed by atoms with van der Waals surface area (Å²) in [5.41, 5.74) is 3.03. The Labute approximate surface area is 105 Å². The summed E-state index contributed by atoms with van der Waals surface area (Å²) in [5, 5.41) is 3.47. The summed E-state index contributed by atoms with van der Waals surface area (Å²) in [5.74, 6) is 1.85. The zero-order valence-corrected chi connectivity index (χ0v) is 10.8. The van der Waals surface area contributed by atoms with Gasteiger partial charge in [0.2, 0.25) is 0 Å². The van der Waals surface area contributed by atoms with Crippen LogP contribution in [0.2, 0.25) is 0 Å². The van der Waals surface area contributed by atoms with Crippen molar-refractivity contribution >= 4 is 0 Å². The zero-order valence-electron chi connectivity index (χ0n) is 10.8. The van der Waals surface area contributed by atoms with Gasteiger partial charge in [-0.05, 0) is 49.3 Å². The van der Waals surface area contributed by atoms with Crippen molar-refractivity contribution in [1.82, 2.24) is 5.32 Å². The van der Waals surface area contributed by atoms with Crippen molar-refractivity contribution in [2.45, 2.75) is 50.5 Å². The quantitative estimate of drug-likeness (QED) is 0.804. The molecule has 1 nitrogen and oxygen atoms in total. The Kier molecular flexibility index (Phi) is 3.19. The lowest BCUT2D eigenvalue weighted by atomic mass is 9.80. The molecule has 0 aromatic heterocycles. The summed E-state index contributed by atoms with van der Waals surface area (Å²) < 4.78 is 0. The minimum Gasteiger partial charge on any atom is -0.313 e. The molecule has 0 heterocycles. The standard InChI is InChI=1S/C16H23N/c1-17-16(11-12-5-6-12)15-9-7-14(8-10-15)13-3-2-4-13/h7-10,12-13,16-17H,2-6,11H2,1H3. The third-order valence-corrected chi connectivity index (χ3v) is 4.53. The van der Waals surface area contributed by atoms with Crippen LogP contribution in [-0.2, 0) is 0 Å². The Morgan fingerprint density at radius 3 is 2.29 bits per heavy atom. The second-order valence-electron chi connectivity index (χ2n) is 5.81. The Morgan fingerprint density at radius 1 is 1.12 bits per heavy atom. The fourth-order valence-corrected chi connectivity index (χ4v) is 2.85. The molecule has 0 spiro atoms. The van der Waals surface area contributed by atoms with Crippen LogP contribution in [0.4, 0.5) is 0 Å². The van der Waals surface area contributed by atoms with E-state index in [1.54, 1.807) is 5.56 Å². The third kappa shape index (κ3) is 2.55. The van der Waals surface area contributed by atoms with Gasteiger partial charge < -0.3 is 5.32 Å². The molecule has 1 aromatic rings. The fraction of sp³-hybridized carbons (Fsp3) is 0.625. The molecule has 2 fully saturated rings. The summed E-state index contributed by atoms with van der Waals surface area (Å²) in [6, 6.07) is 9.97. The van der Waals surface area contributed by atoms with Gasteiger partial charge in [-0.1, -0.05) is 43.5 Å². The van der Waals surface area contributed by atoms with Crippen molar-refractivity contribution in [3.63, 3.8) is 0 Å². The van der Waals surface area contributed by atoms with Gasteiger partial charge >= 0.3 is 0 Å². The highest BCUT2D eigenvalue weighted by Crippen LogP contribution is 2.39. The third-order valence-electron chi connectivity index (χ3n) is 4.53. The smallest absolute Gasteiger partial charge is 0.0320 e. The Balaban J connectivity index is 1.68. The molecule has 1 heteroatoms. The van der Waals surface area contributed by atoms with Crippen LogP contribution in [0.5, 0.6) is 0 Å². The molecule has 0 aliphatic heterocycles. The highest BCUT2D eigenvalue weighted by atomic mass is 14.9. The molecular formula is C16H23N. The van der Waals surface area contributed by atoms with Gasteiger partial charge in [-0.25, -0.2) is 0 Å². The summed E-state index contributed by atoms with van der Waals surface area (Å²) in [4.78, 5) is 0. The van der Waals surface area contributed by atoms with Crippen LogP contribution in [0, 0.1) is 5.92 Å². The van der Waals surface area contributed by atoms with E-state index in [9.17, 15) is 0 Å². The van der Waals surface area contributed by atoms with Gasteiger partial charge in [0, 0.05) is 6.04 Å². The Hall–Kier alpha value is -0.820. The number of rotatable bonds is 5. The summed E-state index contributed by atoms with van der Waals surface area (Å²) in [6.07, 6.45) is 8.43. The number of benzene rings is 1. The molecule has 1 atom stereocenters. The molecule has 0 radical (unpaired) electrons. The van der Waals surface area contributed by atoms with Crippen molar-refractivity contribution in [2.24, 2.45) is 5.92 Å². The molecule has 0 bridgehead atoms. The fourth-order valence-electron chi connectivity index (χ4n) is 2.85. The lowest BCUT2D eigenvalue weighted by molar-refractivity contribution is 0.419. The molecule has 2 aliphatic carbocycles. The first-order valence-corrected chi connectivity index (χ1v) is 7.14. The van der Waals surface area contributed by atoms with Crippen LogP contribution in [0.1, 0.15) is 61.6 Å². The lowest BCUT2D eigenvalue weighted by Crippen LogP contribution is -2.17. The van der Waals surface area contributed by atoms with Crippen molar-refractivity contribution in [3.05, 3.63) is 35.4 Å². The molecule has 2 saturated carbocycles. The van der Waals surface area contributed by atoms with E-state index >= 15 is 0 Å². The van der Waals surface area contributed by atoms with E-state index in [0.717, 1.165) is 11.8 Å². The number of hydrogen-bond donors (Lipinski definition) is 1. The first-order valence-electron chi connectivity index (χ1n) is 7.14. The van der Waals surface area contributed by atoms with Crippen LogP contribution in [0.25, 0.3) is 0 Å². The van der Waals surface area contributed by atoms with Gasteiger partial charge in [0.1, 0.15) is 0 Å². The van der Waals surface area contributed by atoms with Crippen LogP contribution in [0.15, 0.2) is 24.3 Å². The van der Waals surface area contributed by atoms with E-state index in [1.165, 1.54) is 44.1 Å². The average molecular weight is 229 g/mol. The SMILES string of the molecule is CNC(CC1CC1)c1ccc(C2CCC2)cc1. The Bertz CT molecular complexity index is 360. The zero-order chi connectivity index (χ0) is 11.7. The second kappa shape index (κ2) is 4.81.